The van der Waals surface area contributed by atoms with E-state index >= 15 is 0 Å². The van der Waals surface area contributed by atoms with Gasteiger partial charge in [-0.15, -0.1) is 0 Å². The molecular weight excluding hydrogens is 372 g/mol. The van der Waals surface area contributed by atoms with E-state index in [2.05, 4.69) is 27.7 Å². The molecule has 2 bridgehead atoms. The highest BCUT2D eigenvalue weighted by Gasteiger charge is 2.71. The van der Waals surface area contributed by atoms with Gasteiger partial charge >= 0.3 is 5.97 Å². The van der Waals surface area contributed by atoms with Crippen molar-refractivity contribution < 1.29 is 14.6 Å². The summed E-state index contributed by atoms with van der Waals surface area (Å²) in [5, 5.41) is 11.1. The molecule has 7 atom stereocenters. The zero-order valence-corrected chi connectivity index (χ0v) is 19.1. The molecule has 4 aliphatic rings. The molecule has 0 radical (unpaired) electrons. The Morgan fingerprint density at radius 1 is 1.00 bits per heavy atom. The van der Waals surface area contributed by atoms with Gasteiger partial charge in [-0.3, -0.25) is 0 Å². The Bertz CT molecular complexity index is 832. The van der Waals surface area contributed by atoms with Gasteiger partial charge in [-0.25, -0.2) is 4.79 Å². The van der Waals surface area contributed by atoms with Gasteiger partial charge < -0.3 is 9.84 Å². The Kier molecular flexibility index (Phi) is 4.50. The van der Waals surface area contributed by atoms with Crippen molar-refractivity contribution in [3.05, 3.63) is 35.9 Å². The lowest BCUT2D eigenvalue weighted by Crippen LogP contribution is -2.64. The van der Waals surface area contributed by atoms with Gasteiger partial charge in [0.25, 0.3) is 0 Å². The molecule has 4 saturated carbocycles. The molecular formula is C27H38O3. The van der Waals surface area contributed by atoms with E-state index in [1.807, 2.05) is 30.3 Å². The van der Waals surface area contributed by atoms with Crippen molar-refractivity contribution in [1.82, 2.24) is 0 Å². The average molecular weight is 411 g/mol. The number of aliphatic hydroxyl groups excluding tert-OH is 1. The lowest BCUT2D eigenvalue weighted by molar-refractivity contribution is -0.224. The van der Waals surface area contributed by atoms with Gasteiger partial charge in [-0.2, -0.15) is 0 Å². The highest BCUT2D eigenvalue weighted by atomic mass is 16.5. The zero-order valence-electron chi connectivity index (χ0n) is 19.1. The molecule has 4 fully saturated rings. The normalized spacial score (nSPS) is 46.6. The zero-order chi connectivity index (χ0) is 21.4. The number of rotatable bonds is 2. The van der Waals surface area contributed by atoms with Crippen molar-refractivity contribution in [2.24, 2.45) is 33.5 Å². The first-order valence-corrected chi connectivity index (χ1v) is 12.1. The van der Waals surface area contributed by atoms with E-state index in [4.69, 9.17) is 4.74 Å². The van der Waals surface area contributed by atoms with Crippen molar-refractivity contribution in [3.8, 4) is 0 Å². The highest BCUT2D eigenvalue weighted by Crippen LogP contribution is 2.76. The molecule has 0 aromatic heterocycles. The van der Waals surface area contributed by atoms with Crippen molar-refractivity contribution in [1.29, 1.82) is 0 Å². The van der Waals surface area contributed by atoms with Gasteiger partial charge in [0, 0.05) is 5.92 Å². The SMILES string of the molecule is CC1(C)CCC[C@@]2(C)[C@H]1C[C@H](OC(=O)c1ccccc1)[C@H]1C[C@@H](O)[C@]3(C)CC[C@]12C3. The van der Waals surface area contributed by atoms with Crippen LogP contribution in [0.15, 0.2) is 30.3 Å². The molecule has 0 amide bonds. The summed E-state index contributed by atoms with van der Waals surface area (Å²) >= 11 is 0. The Morgan fingerprint density at radius 3 is 2.47 bits per heavy atom. The predicted molar refractivity (Wildman–Crippen MR) is 118 cm³/mol. The van der Waals surface area contributed by atoms with E-state index in [1.165, 1.54) is 25.7 Å². The molecule has 1 N–H and O–H groups in total. The number of esters is 1. The number of benzene rings is 1. The minimum atomic E-state index is -0.284. The van der Waals surface area contributed by atoms with Crippen molar-refractivity contribution in [2.75, 3.05) is 0 Å². The Morgan fingerprint density at radius 2 is 1.73 bits per heavy atom. The van der Waals surface area contributed by atoms with Crippen LogP contribution in [0.25, 0.3) is 0 Å². The molecule has 0 saturated heterocycles. The third-order valence-electron chi connectivity index (χ3n) is 10.4. The average Bonchev–Trinajstić information content (AvgIpc) is 3.02. The van der Waals surface area contributed by atoms with E-state index < -0.39 is 0 Å². The van der Waals surface area contributed by atoms with Gasteiger partial charge in [0.2, 0.25) is 0 Å². The Hall–Kier alpha value is -1.35. The highest BCUT2D eigenvalue weighted by molar-refractivity contribution is 5.89. The number of carbonyl (C=O) groups excluding carboxylic acids is 1. The molecule has 1 spiro atoms. The maximum atomic E-state index is 13.1. The van der Waals surface area contributed by atoms with Crippen LogP contribution in [0, 0.1) is 33.5 Å². The first-order chi connectivity index (χ1) is 14.1. The lowest BCUT2D eigenvalue weighted by atomic mass is 9.37. The van der Waals surface area contributed by atoms with Crippen LogP contribution in [0.3, 0.4) is 0 Å². The molecule has 4 aliphatic carbocycles. The molecule has 5 rings (SSSR count). The first kappa shape index (κ1) is 20.5. The van der Waals surface area contributed by atoms with Crippen LogP contribution in [0.1, 0.15) is 89.4 Å². The maximum absolute atomic E-state index is 13.1. The summed E-state index contributed by atoms with van der Waals surface area (Å²) in [5.74, 6) is 0.626. The maximum Gasteiger partial charge on any atom is 0.338 e. The van der Waals surface area contributed by atoms with Crippen molar-refractivity contribution in [2.45, 2.75) is 91.3 Å². The van der Waals surface area contributed by atoms with Gasteiger partial charge in [-0.05, 0) is 84.7 Å². The van der Waals surface area contributed by atoms with Gasteiger partial charge in [0.05, 0.1) is 11.7 Å². The van der Waals surface area contributed by atoms with Crippen LogP contribution in [0.2, 0.25) is 0 Å². The lowest BCUT2D eigenvalue weighted by Gasteiger charge is -2.68. The van der Waals surface area contributed by atoms with Crippen molar-refractivity contribution >= 4 is 5.97 Å². The van der Waals surface area contributed by atoms with E-state index in [-0.39, 0.29) is 45.8 Å². The summed E-state index contributed by atoms with van der Waals surface area (Å²) in [6.45, 7) is 9.74. The summed E-state index contributed by atoms with van der Waals surface area (Å²) in [6.07, 6.45) is 8.55. The molecule has 0 unspecified atom stereocenters. The molecule has 1 aromatic carbocycles. The fourth-order valence-electron chi connectivity index (χ4n) is 8.78. The Balaban J connectivity index is 1.55. The summed E-state index contributed by atoms with van der Waals surface area (Å²) in [4.78, 5) is 13.1. The topological polar surface area (TPSA) is 46.5 Å². The van der Waals surface area contributed by atoms with Crippen LogP contribution in [-0.4, -0.2) is 23.3 Å². The molecule has 0 heterocycles. The number of ether oxygens (including phenoxy) is 1. The molecule has 3 heteroatoms. The second-order valence-corrected chi connectivity index (χ2v) is 12.2. The minimum absolute atomic E-state index is 0.0248. The van der Waals surface area contributed by atoms with E-state index in [9.17, 15) is 9.90 Å². The minimum Gasteiger partial charge on any atom is -0.458 e. The Labute approximate surface area is 181 Å². The van der Waals surface area contributed by atoms with Crippen molar-refractivity contribution in [3.63, 3.8) is 0 Å². The van der Waals surface area contributed by atoms with Gasteiger partial charge in [-0.1, -0.05) is 52.3 Å². The molecule has 1 aromatic rings. The third-order valence-corrected chi connectivity index (χ3v) is 10.4. The molecule has 3 nitrogen and oxygen atoms in total. The summed E-state index contributed by atoms with van der Waals surface area (Å²) in [7, 11) is 0. The quantitative estimate of drug-likeness (QED) is 0.608. The number of aliphatic hydroxyl groups is 1. The van der Waals surface area contributed by atoms with Crippen LogP contribution in [-0.2, 0) is 4.74 Å². The first-order valence-electron chi connectivity index (χ1n) is 12.1. The fraction of sp³-hybridized carbons (Fsp3) is 0.741. The number of carbonyl (C=O) groups is 1. The second kappa shape index (κ2) is 6.58. The number of fused-ring (bicyclic) bond motifs is 2. The second-order valence-electron chi connectivity index (χ2n) is 12.2. The standard InChI is InChI=1S/C27H38O3/c1-24(2)11-8-12-26(4)21(24)16-20(30-23(29)18-9-6-5-7-10-18)19-15-22(28)25(3)13-14-27(19,26)17-25/h5-7,9-10,19-22,28H,8,11-17H2,1-4H3/t19-,20+,21+,22-,25-,26+,27+/m1/s1. The van der Waals surface area contributed by atoms with Crippen LogP contribution >= 0.6 is 0 Å². The molecule has 30 heavy (non-hydrogen) atoms. The fourth-order valence-corrected chi connectivity index (χ4v) is 8.78. The van der Waals surface area contributed by atoms with E-state index in [0.717, 1.165) is 25.7 Å². The monoisotopic (exact) mass is 410 g/mol. The number of hydrogen-bond donors (Lipinski definition) is 1. The third kappa shape index (κ3) is 2.70. The smallest absolute Gasteiger partial charge is 0.338 e. The van der Waals surface area contributed by atoms with Gasteiger partial charge in [0.15, 0.2) is 0 Å². The van der Waals surface area contributed by atoms with Crippen LogP contribution in [0.4, 0.5) is 0 Å². The summed E-state index contributed by atoms with van der Waals surface area (Å²) in [5.41, 5.74) is 1.38. The van der Waals surface area contributed by atoms with E-state index in [0.29, 0.717) is 11.5 Å². The van der Waals surface area contributed by atoms with E-state index in [1.54, 1.807) is 0 Å². The number of hydrogen-bond acceptors (Lipinski definition) is 3. The molecule has 164 valence electrons. The largest absolute Gasteiger partial charge is 0.458 e. The van der Waals surface area contributed by atoms with Crippen LogP contribution in [0.5, 0.6) is 0 Å². The predicted octanol–water partition coefficient (Wildman–Crippen LogP) is 6.01. The summed E-state index contributed by atoms with van der Waals surface area (Å²) < 4.78 is 6.31. The molecule has 0 aliphatic heterocycles. The summed E-state index contributed by atoms with van der Waals surface area (Å²) in [6, 6.07) is 9.41. The van der Waals surface area contributed by atoms with Gasteiger partial charge in [0.1, 0.15) is 6.10 Å². The van der Waals surface area contributed by atoms with Crippen LogP contribution < -0.4 is 0 Å².